The topological polar surface area (TPSA) is 89.2 Å². The van der Waals surface area contributed by atoms with Gasteiger partial charge in [-0.2, -0.15) is 0 Å². The SMILES string of the molecule is CCCCC(Sc1cc(C)c(/C(C)=C/C(C)C(CC)CF)c(C)c1)c1ccc(C(=O)NCC(=N)N=N)s1. The second-order valence-corrected chi connectivity index (χ2v) is 12.0. The Hall–Kier alpha value is -2.32. The van der Waals surface area contributed by atoms with Crippen LogP contribution in [0.1, 0.15) is 89.9 Å². The van der Waals surface area contributed by atoms with Crippen molar-refractivity contribution < 1.29 is 9.18 Å². The van der Waals surface area contributed by atoms with Crippen molar-refractivity contribution >= 4 is 40.4 Å². The van der Waals surface area contributed by atoms with Gasteiger partial charge < -0.3 is 5.32 Å². The molecule has 3 unspecified atom stereocenters. The number of hydrogen-bond donors (Lipinski definition) is 3. The van der Waals surface area contributed by atoms with Crippen LogP contribution in [0.15, 0.2) is 40.4 Å². The second kappa shape index (κ2) is 15.2. The number of benzene rings is 1. The van der Waals surface area contributed by atoms with E-state index in [2.05, 4.69) is 63.3 Å². The fraction of sp³-hybridized carbons (Fsp3) is 0.517. The Morgan fingerprint density at radius 1 is 1.24 bits per heavy atom. The van der Waals surface area contributed by atoms with E-state index < -0.39 is 0 Å². The van der Waals surface area contributed by atoms with Crippen LogP contribution >= 0.6 is 23.1 Å². The van der Waals surface area contributed by atoms with Crippen molar-refractivity contribution in [2.24, 2.45) is 17.0 Å². The highest BCUT2D eigenvalue weighted by Crippen LogP contribution is 2.43. The molecule has 0 bridgehead atoms. The van der Waals surface area contributed by atoms with E-state index in [0.717, 1.165) is 30.6 Å². The zero-order valence-corrected chi connectivity index (χ0v) is 24.5. The molecule has 0 radical (unpaired) electrons. The van der Waals surface area contributed by atoms with Crippen LogP contribution in [0, 0.1) is 36.6 Å². The van der Waals surface area contributed by atoms with Crippen molar-refractivity contribution in [3.8, 4) is 0 Å². The molecule has 1 aromatic carbocycles. The van der Waals surface area contributed by atoms with Gasteiger partial charge in [-0.25, -0.2) is 5.53 Å². The molecule has 0 spiro atoms. The number of nitrogens with one attached hydrogen (secondary N) is 3. The summed E-state index contributed by atoms with van der Waals surface area (Å²) in [5.41, 5.74) is 11.7. The minimum absolute atomic E-state index is 0.0476. The van der Waals surface area contributed by atoms with Crippen LogP contribution in [0.25, 0.3) is 5.57 Å². The molecule has 202 valence electrons. The fourth-order valence-electron chi connectivity index (χ4n) is 4.60. The van der Waals surface area contributed by atoms with Crippen LogP contribution in [0.3, 0.4) is 0 Å². The number of carbonyl (C=O) groups excluding carboxylic acids is 1. The van der Waals surface area contributed by atoms with Crippen LogP contribution in [-0.2, 0) is 0 Å². The molecule has 1 heterocycles. The lowest BCUT2D eigenvalue weighted by Crippen LogP contribution is -2.27. The number of hydrogen-bond acceptors (Lipinski definition) is 5. The van der Waals surface area contributed by atoms with Gasteiger partial charge in [0.05, 0.1) is 18.1 Å². The number of allylic oxidation sites excluding steroid dienone is 2. The van der Waals surface area contributed by atoms with E-state index in [1.54, 1.807) is 0 Å². The third kappa shape index (κ3) is 8.88. The molecule has 0 saturated heterocycles. The number of nitrogens with zero attached hydrogens (tertiary/aromatic N) is 1. The van der Waals surface area contributed by atoms with Gasteiger partial charge in [0.15, 0.2) is 5.84 Å². The first-order valence-corrected chi connectivity index (χ1v) is 14.7. The number of aryl methyl sites for hydroxylation is 2. The summed E-state index contributed by atoms with van der Waals surface area (Å²) in [6.07, 6.45) is 6.28. The normalized spacial score (nSPS) is 14.2. The van der Waals surface area contributed by atoms with E-state index >= 15 is 0 Å². The number of amides is 1. The number of thiophene rings is 1. The Bertz CT molecular complexity index is 1080. The van der Waals surface area contributed by atoms with Gasteiger partial charge >= 0.3 is 0 Å². The standard InChI is InChI=1S/C29H41FN4OS2/c1-7-9-10-24(25-11-12-26(37-25)29(35)33-17-27(31)34-32)36-23-14-20(5)28(21(6)15-23)19(4)13-18(3)22(8-2)16-30/h11-15,18,22,24,31-32H,7-10,16-17H2,1-6H3,(H,33,35)/b19-13+,31-27?,34-32?. The number of carbonyl (C=O) groups is 1. The molecule has 0 aliphatic heterocycles. The Morgan fingerprint density at radius 3 is 2.49 bits per heavy atom. The molecule has 0 aliphatic rings. The quantitative estimate of drug-likeness (QED) is 0.0958. The summed E-state index contributed by atoms with van der Waals surface area (Å²) < 4.78 is 13.4. The molecule has 2 aromatic rings. The molecule has 8 heteroatoms. The third-order valence-electron chi connectivity index (χ3n) is 6.70. The Balaban J connectivity index is 2.26. The predicted octanol–water partition coefficient (Wildman–Crippen LogP) is 9.16. The van der Waals surface area contributed by atoms with Gasteiger partial charge in [0.2, 0.25) is 0 Å². The Morgan fingerprint density at radius 2 is 1.92 bits per heavy atom. The van der Waals surface area contributed by atoms with Crippen LogP contribution in [-0.4, -0.2) is 25.0 Å². The zero-order valence-electron chi connectivity index (χ0n) is 22.9. The van der Waals surface area contributed by atoms with E-state index in [0.29, 0.717) is 4.88 Å². The molecular formula is C29H41FN4OS2. The van der Waals surface area contributed by atoms with Gasteiger partial charge in [-0.15, -0.1) is 28.2 Å². The molecule has 1 aromatic heterocycles. The molecule has 0 fully saturated rings. The number of thioether (sulfide) groups is 1. The molecule has 0 saturated carbocycles. The van der Waals surface area contributed by atoms with Crippen LogP contribution < -0.4 is 5.32 Å². The van der Waals surface area contributed by atoms with Gasteiger partial charge in [0.1, 0.15) is 0 Å². The number of amidine groups is 1. The van der Waals surface area contributed by atoms with Crippen molar-refractivity contribution in [1.29, 1.82) is 10.9 Å². The maximum Gasteiger partial charge on any atom is 0.261 e. The van der Waals surface area contributed by atoms with E-state index in [1.165, 1.54) is 38.5 Å². The van der Waals surface area contributed by atoms with Crippen molar-refractivity contribution in [2.45, 2.75) is 77.4 Å². The number of rotatable bonds is 14. The van der Waals surface area contributed by atoms with Crippen molar-refractivity contribution in [3.05, 3.63) is 56.8 Å². The zero-order chi connectivity index (χ0) is 27.5. The van der Waals surface area contributed by atoms with Crippen molar-refractivity contribution in [2.75, 3.05) is 13.2 Å². The van der Waals surface area contributed by atoms with Gasteiger partial charge in [0.25, 0.3) is 5.91 Å². The van der Waals surface area contributed by atoms with Gasteiger partial charge in [-0.1, -0.05) is 46.1 Å². The molecule has 3 atom stereocenters. The maximum atomic E-state index is 13.4. The van der Waals surface area contributed by atoms with Crippen LogP contribution in [0.4, 0.5) is 4.39 Å². The lowest BCUT2D eigenvalue weighted by molar-refractivity contribution is 0.0963. The minimum Gasteiger partial charge on any atom is -0.344 e. The summed E-state index contributed by atoms with van der Waals surface area (Å²) in [5.74, 6) is -0.168. The number of halogens is 1. The summed E-state index contributed by atoms with van der Waals surface area (Å²) >= 11 is 3.33. The first-order chi connectivity index (χ1) is 17.6. The lowest BCUT2D eigenvalue weighted by Gasteiger charge is -2.20. The van der Waals surface area contributed by atoms with Crippen LogP contribution in [0.5, 0.6) is 0 Å². The number of unbranched alkanes of at least 4 members (excludes halogenated alkanes) is 1. The fourth-order valence-corrected chi connectivity index (χ4v) is 7.13. The first kappa shape index (κ1) is 30.9. The maximum absolute atomic E-state index is 13.4. The molecule has 3 N–H and O–H groups in total. The summed E-state index contributed by atoms with van der Waals surface area (Å²) in [7, 11) is 0. The smallest absolute Gasteiger partial charge is 0.261 e. The van der Waals surface area contributed by atoms with Gasteiger partial charge in [-0.3, -0.25) is 14.6 Å². The molecule has 5 nitrogen and oxygen atoms in total. The highest BCUT2D eigenvalue weighted by Gasteiger charge is 2.20. The molecule has 0 aliphatic carbocycles. The Labute approximate surface area is 229 Å². The molecule has 2 rings (SSSR count). The first-order valence-electron chi connectivity index (χ1n) is 13.0. The van der Waals surface area contributed by atoms with E-state index in [-0.39, 0.29) is 42.0 Å². The lowest BCUT2D eigenvalue weighted by atomic mass is 9.88. The summed E-state index contributed by atoms with van der Waals surface area (Å²) in [5, 5.41) is 13.3. The van der Waals surface area contributed by atoms with Gasteiger partial charge in [0, 0.05) is 15.0 Å². The monoisotopic (exact) mass is 544 g/mol. The minimum atomic E-state index is -0.287. The van der Waals surface area contributed by atoms with Crippen molar-refractivity contribution in [1.82, 2.24) is 5.32 Å². The highest BCUT2D eigenvalue weighted by atomic mass is 32.2. The number of alkyl halides is 1. The second-order valence-electron chi connectivity index (χ2n) is 9.66. The van der Waals surface area contributed by atoms with Gasteiger partial charge in [-0.05, 0) is 85.6 Å². The van der Waals surface area contributed by atoms with E-state index in [4.69, 9.17) is 10.9 Å². The predicted molar refractivity (Wildman–Crippen MR) is 156 cm³/mol. The third-order valence-corrected chi connectivity index (χ3v) is 9.33. The summed E-state index contributed by atoms with van der Waals surface area (Å²) in [6, 6.07) is 8.37. The largest absolute Gasteiger partial charge is 0.344 e. The van der Waals surface area contributed by atoms with Crippen molar-refractivity contribution in [3.63, 3.8) is 0 Å². The molecule has 37 heavy (non-hydrogen) atoms. The van der Waals surface area contributed by atoms with E-state index in [1.807, 2.05) is 30.8 Å². The average molecular weight is 545 g/mol. The molecule has 1 amide bonds. The highest BCUT2D eigenvalue weighted by molar-refractivity contribution is 7.99. The Kier molecular flexibility index (Phi) is 12.7. The summed E-state index contributed by atoms with van der Waals surface area (Å²) in [4.78, 5) is 15.5. The molecular weight excluding hydrogens is 503 g/mol. The summed E-state index contributed by atoms with van der Waals surface area (Å²) in [6.45, 7) is 12.4. The van der Waals surface area contributed by atoms with Crippen LogP contribution in [0.2, 0.25) is 0 Å². The average Bonchev–Trinajstić information content (AvgIpc) is 3.35. The van der Waals surface area contributed by atoms with E-state index in [9.17, 15) is 9.18 Å².